The molecule has 0 bridgehead atoms. The summed E-state index contributed by atoms with van der Waals surface area (Å²) in [5, 5.41) is 2.98. The fourth-order valence-corrected chi connectivity index (χ4v) is 2.63. The first kappa shape index (κ1) is 16.3. The Morgan fingerprint density at radius 1 is 1.18 bits per heavy atom. The average Bonchev–Trinajstić information content (AvgIpc) is 2.54. The maximum atomic E-state index is 12.2. The Kier molecular flexibility index (Phi) is 5.81. The van der Waals surface area contributed by atoms with Crippen LogP contribution in [0.2, 0.25) is 0 Å². The van der Waals surface area contributed by atoms with Crippen LogP contribution in [0.25, 0.3) is 0 Å². The standard InChI is InChI=1S/C17H25N3O2/c1-19(2)17(22)18-15-10-12-20(13-11-15)16(21)9-8-14-6-4-3-5-7-14/h3-7,15H,8-13H2,1-2H3,(H,18,22). The number of likely N-dealkylation sites (tertiary alicyclic amines) is 1. The van der Waals surface area contributed by atoms with E-state index in [2.05, 4.69) is 17.4 Å². The lowest BCUT2D eigenvalue weighted by molar-refractivity contribution is -0.132. The molecule has 0 spiro atoms. The maximum Gasteiger partial charge on any atom is 0.317 e. The van der Waals surface area contributed by atoms with Crippen molar-refractivity contribution in [2.75, 3.05) is 27.2 Å². The van der Waals surface area contributed by atoms with Gasteiger partial charge in [0.15, 0.2) is 0 Å². The molecule has 0 atom stereocenters. The molecule has 1 aliphatic rings. The summed E-state index contributed by atoms with van der Waals surface area (Å²) in [5.74, 6) is 0.209. The van der Waals surface area contributed by atoms with Crippen molar-refractivity contribution in [1.82, 2.24) is 15.1 Å². The number of amides is 3. The third-order valence-corrected chi connectivity index (χ3v) is 4.05. The van der Waals surface area contributed by atoms with Crippen LogP contribution in [0.1, 0.15) is 24.8 Å². The SMILES string of the molecule is CN(C)C(=O)NC1CCN(C(=O)CCc2ccccc2)CC1. The fourth-order valence-electron chi connectivity index (χ4n) is 2.63. The summed E-state index contributed by atoms with van der Waals surface area (Å²) >= 11 is 0. The van der Waals surface area contributed by atoms with Crippen LogP contribution >= 0.6 is 0 Å². The summed E-state index contributed by atoms with van der Waals surface area (Å²) in [7, 11) is 3.47. The molecule has 22 heavy (non-hydrogen) atoms. The van der Waals surface area contributed by atoms with Gasteiger partial charge in [0.25, 0.3) is 0 Å². The van der Waals surface area contributed by atoms with Crippen LogP contribution in [-0.2, 0) is 11.2 Å². The van der Waals surface area contributed by atoms with E-state index < -0.39 is 0 Å². The molecule has 3 amide bonds. The van der Waals surface area contributed by atoms with Crippen LogP contribution in [-0.4, -0.2) is 55.0 Å². The van der Waals surface area contributed by atoms with Gasteiger partial charge in [-0.2, -0.15) is 0 Å². The molecule has 0 radical (unpaired) electrons. The monoisotopic (exact) mass is 303 g/mol. The molecule has 5 heteroatoms. The van der Waals surface area contributed by atoms with E-state index in [0.29, 0.717) is 6.42 Å². The molecule has 0 aromatic heterocycles. The molecule has 0 saturated carbocycles. The smallest absolute Gasteiger partial charge is 0.317 e. The van der Waals surface area contributed by atoms with Crippen LogP contribution in [0, 0.1) is 0 Å². The largest absolute Gasteiger partial charge is 0.343 e. The van der Waals surface area contributed by atoms with E-state index >= 15 is 0 Å². The number of carbonyl (C=O) groups is 2. The van der Waals surface area contributed by atoms with E-state index in [0.717, 1.165) is 32.4 Å². The quantitative estimate of drug-likeness (QED) is 0.923. The molecule has 1 heterocycles. The number of hydrogen-bond acceptors (Lipinski definition) is 2. The lowest BCUT2D eigenvalue weighted by atomic mass is 10.0. The van der Waals surface area contributed by atoms with Gasteiger partial charge < -0.3 is 15.1 Å². The third-order valence-electron chi connectivity index (χ3n) is 4.05. The van der Waals surface area contributed by atoms with E-state index in [4.69, 9.17) is 0 Å². The van der Waals surface area contributed by atoms with Crippen molar-refractivity contribution < 1.29 is 9.59 Å². The van der Waals surface area contributed by atoms with Crippen molar-refractivity contribution in [3.63, 3.8) is 0 Å². The number of nitrogens with one attached hydrogen (secondary N) is 1. The summed E-state index contributed by atoms with van der Waals surface area (Å²) in [4.78, 5) is 27.3. The van der Waals surface area contributed by atoms with Crippen LogP contribution in [0.15, 0.2) is 30.3 Å². The molecule has 1 N–H and O–H groups in total. The van der Waals surface area contributed by atoms with E-state index in [9.17, 15) is 9.59 Å². The summed E-state index contributed by atoms with van der Waals surface area (Å²) in [5.41, 5.74) is 1.20. The molecule has 1 aromatic rings. The fraction of sp³-hybridized carbons (Fsp3) is 0.529. The van der Waals surface area contributed by atoms with Crippen molar-refractivity contribution in [2.45, 2.75) is 31.7 Å². The molecule has 0 aliphatic carbocycles. The highest BCUT2D eigenvalue weighted by Crippen LogP contribution is 2.13. The third kappa shape index (κ3) is 4.76. The van der Waals surface area contributed by atoms with Gasteiger partial charge in [0.2, 0.25) is 5.91 Å². The molecular weight excluding hydrogens is 278 g/mol. The van der Waals surface area contributed by atoms with Crippen molar-refractivity contribution >= 4 is 11.9 Å². The van der Waals surface area contributed by atoms with Gasteiger partial charge in [-0.25, -0.2) is 4.79 Å². The highest BCUT2D eigenvalue weighted by molar-refractivity contribution is 5.77. The summed E-state index contributed by atoms with van der Waals surface area (Å²) in [6.45, 7) is 1.46. The van der Waals surface area contributed by atoms with E-state index in [1.165, 1.54) is 10.5 Å². The Labute approximate surface area is 132 Å². The normalized spacial score (nSPS) is 15.5. The number of hydrogen-bond donors (Lipinski definition) is 1. The highest BCUT2D eigenvalue weighted by atomic mass is 16.2. The molecule has 1 fully saturated rings. The van der Waals surface area contributed by atoms with Gasteiger partial charge in [0.05, 0.1) is 0 Å². The Hall–Kier alpha value is -2.04. The zero-order valence-electron chi connectivity index (χ0n) is 13.4. The maximum absolute atomic E-state index is 12.2. The second-order valence-electron chi connectivity index (χ2n) is 5.98. The number of benzene rings is 1. The molecular formula is C17H25N3O2. The van der Waals surface area contributed by atoms with Crippen molar-refractivity contribution in [1.29, 1.82) is 0 Å². The summed E-state index contributed by atoms with van der Waals surface area (Å²) in [6.07, 6.45) is 3.00. The van der Waals surface area contributed by atoms with Gasteiger partial charge in [-0.3, -0.25) is 4.79 Å². The van der Waals surface area contributed by atoms with Crippen LogP contribution in [0.5, 0.6) is 0 Å². The van der Waals surface area contributed by atoms with E-state index in [1.807, 2.05) is 23.1 Å². The molecule has 1 saturated heterocycles. The lowest BCUT2D eigenvalue weighted by Gasteiger charge is -2.33. The number of nitrogens with zero attached hydrogens (tertiary/aromatic N) is 2. The first-order valence-electron chi connectivity index (χ1n) is 7.86. The van der Waals surface area contributed by atoms with Gasteiger partial charge in [-0.05, 0) is 24.8 Å². The highest BCUT2D eigenvalue weighted by Gasteiger charge is 2.23. The molecule has 120 valence electrons. The summed E-state index contributed by atoms with van der Waals surface area (Å²) in [6, 6.07) is 10.2. The van der Waals surface area contributed by atoms with Gasteiger partial charge in [-0.1, -0.05) is 30.3 Å². The zero-order valence-corrected chi connectivity index (χ0v) is 13.4. The Morgan fingerprint density at radius 3 is 2.41 bits per heavy atom. The van der Waals surface area contributed by atoms with Gasteiger partial charge in [0, 0.05) is 39.6 Å². The minimum Gasteiger partial charge on any atom is -0.343 e. The van der Waals surface area contributed by atoms with Crippen molar-refractivity contribution in [3.8, 4) is 0 Å². The number of rotatable bonds is 4. The lowest BCUT2D eigenvalue weighted by Crippen LogP contribution is -2.48. The molecule has 5 nitrogen and oxygen atoms in total. The Morgan fingerprint density at radius 2 is 1.82 bits per heavy atom. The van der Waals surface area contributed by atoms with Gasteiger partial charge in [-0.15, -0.1) is 0 Å². The van der Waals surface area contributed by atoms with E-state index in [1.54, 1.807) is 14.1 Å². The predicted molar refractivity (Wildman–Crippen MR) is 86.6 cm³/mol. The van der Waals surface area contributed by atoms with E-state index in [-0.39, 0.29) is 18.0 Å². The van der Waals surface area contributed by atoms with Gasteiger partial charge in [0.1, 0.15) is 0 Å². The topological polar surface area (TPSA) is 52.7 Å². The van der Waals surface area contributed by atoms with Crippen LogP contribution in [0.3, 0.4) is 0 Å². The number of piperidine rings is 1. The summed E-state index contributed by atoms with van der Waals surface area (Å²) < 4.78 is 0. The second kappa shape index (κ2) is 7.82. The number of urea groups is 1. The molecule has 1 aromatic carbocycles. The number of carbonyl (C=O) groups excluding carboxylic acids is 2. The predicted octanol–water partition coefficient (Wildman–Crippen LogP) is 1.88. The van der Waals surface area contributed by atoms with Crippen molar-refractivity contribution in [2.24, 2.45) is 0 Å². The number of aryl methyl sites for hydroxylation is 1. The molecule has 0 unspecified atom stereocenters. The molecule has 1 aliphatic heterocycles. The minimum absolute atomic E-state index is 0.0612. The Bertz CT molecular complexity index is 494. The zero-order chi connectivity index (χ0) is 15.9. The first-order valence-corrected chi connectivity index (χ1v) is 7.86. The second-order valence-corrected chi connectivity index (χ2v) is 5.98. The Balaban J connectivity index is 1.72. The van der Waals surface area contributed by atoms with Crippen molar-refractivity contribution in [3.05, 3.63) is 35.9 Å². The minimum atomic E-state index is -0.0612. The van der Waals surface area contributed by atoms with Crippen LogP contribution in [0.4, 0.5) is 4.79 Å². The molecule has 2 rings (SSSR count). The van der Waals surface area contributed by atoms with Crippen LogP contribution < -0.4 is 5.32 Å². The first-order chi connectivity index (χ1) is 10.6. The average molecular weight is 303 g/mol. The van der Waals surface area contributed by atoms with Gasteiger partial charge >= 0.3 is 6.03 Å².